The first kappa shape index (κ1) is 27.3. The van der Waals surface area contributed by atoms with Gasteiger partial charge in [-0.25, -0.2) is 9.37 Å². The van der Waals surface area contributed by atoms with E-state index in [9.17, 15) is 9.18 Å². The minimum atomic E-state index is -1.12. The van der Waals surface area contributed by atoms with E-state index in [2.05, 4.69) is 39.7 Å². The van der Waals surface area contributed by atoms with Gasteiger partial charge in [0.05, 0.1) is 41.9 Å². The first-order chi connectivity index (χ1) is 19.2. The predicted octanol–water partition coefficient (Wildman–Crippen LogP) is 5.95. The van der Waals surface area contributed by atoms with Crippen LogP contribution in [0.25, 0.3) is 39.1 Å². The molecule has 4 aromatic rings. The monoisotopic (exact) mass is 544 g/mol. The largest absolute Gasteiger partial charge is 0.469 e. The molecule has 1 aliphatic rings. The molecule has 2 atom stereocenters. The number of hydrogen-bond acceptors (Lipinski definition) is 5. The number of aromatic amines is 1. The van der Waals surface area contributed by atoms with Gasteiger partial charge in [-0.05, 0) is 48.7 Å². The number of nitrogens with zero attached hydrogens (tertiary/aromatic N) is 3. The number of alkyl halides is 1. The molecular weight excluding hydrogens is 507 g/mol. The van der Waals surface area contributed by atoms with Crippen LogP contribution in [0.2, 0.25) is 0 Å². The fraction of sp³-hybridized carbons (Fsp3) is 0.355. The maximum Gasteiger partial charge on any atom is 0.223 e. The molecule has 0 saturated carbocycles. The summed E-state index contributed by atoms with van der Waals surface area (Å²) in [6, 6.07) is 14.3. The molecule has 1 amide bonds. The molecule has 0 fully saturated rings. The molecule has 0 aliphatic carbocycles. The number of hydrogen-bond donors (Lipinski definition) is 3. The van der Waals surface area contributed by atoms with E-state index in [1.807, 2.05) is 38.1 Å². The van der Waals surface area contributed by atoms with Crippen molar-refractivity contribution in [2.75, 3.05) is 6.54 Å². The first-order valence-electron chi connectivity index (χ1n) is 13.8. The Morgan fingerprint density at radius 1 is 1.23 bits per heavy atom. The third kappa shape index (κ3) is 5.28. The zero-order chi connectivity index (χ0) is 28.6. The summed E-state index contributed by atoms with van der Waals surface area (Å²) in [5.41, 5.74) is 18.0. The van der Waals surface area contributed by atoms with Gasteiger partial charge in [0, 0.05) is 35.6 Å². The van der Waals surface area contributed by atoms with E-state index < -0.39 is 6.17 Å². The summed E-state index contributed by atoms with van der Waals surface area (Å²) in [6.07, 6.45) is 3.03. The third-order valence-corrected chi connectivity index (χ3v) is 7.20. The lowest BCUT2D eigenvalue weighted by Gasteiger charge is -2.29. The van der Waals surface area contributed by atoms with Crippen molar-refractivity contribution in [3.05, 3.63) is 66.2 Å². The van der Waals surface area contributed by atoms with Crippen molar-refractivity contribution in [3.63, 3.8) is 0 Å². The Balaban J connectivity index is 1.45. The van der Waals surface area contributed by atoms with Gasteiger partial charge >= 0.3 is 0 Å². The minimum absolute atomic E-state index is 0.0390. The Morgan fingerprint density at radius 2 is 2.02 bits per heavy atom. The van der Waals surface area contributed by atoms with Crippen LogP contribution in [0.1, 0.15) is 58.2 Å². The molecule has 0 radical (unpaired) electrons. The second-order valence-corrected chi connectivity index (χ2v) is 10.9. The third-order valence-electron chi connectivity index (χ3n) is 7.20. The van der Waals surface area contributed by atoms with Crippen LogP contribution in [0, 0.1) is 5.92 Å². The normalized spacial score (nSPS) is 15.6. The zero-order valence-corrected chi connectivity index (χ0v) is 23.4. The average molecular weight is 545 g/mol. The minimum Gasteiger partial charge on any atom is -0.469 e. The van der Waals surface area contributed by atoms with Gasteiger partial charge < -0.3 is 30.7 Å². The Kier molecular flexibility index (Phi) is 7.56. The highest BCUT2D eigenvalue weighted by Gasteiger charge is 2.27. The number of fused-ring (bicyclic) bond motifs is 5. The average Bonchev–Trinajstić information content (AvgIpc) is 3.55. The van der Waals surface area contributed by atoms with E-state index in [0.717, 1.165) is 51.2 Å². The number of H-pyrrole nitrogens is 1. The molecule has 2 aromatic heterocycles. The lowest BCUT2D eigenvalue weighted by Crippen LogP contribution is -2.35. The number of halogens is 1. The lowest BCUT2D eigenvalue weighted by molar-refractivity contribution is -0.133. The molecule has 3 heterocycles. The van der Waals surface area contributed by atoms with Crippen molar-refractivity contribution in [1.82, 2.24) is 19.4 Å². The highest BCUT2D eigenvalue weighted by atomic mass is 19.1. The number of aromatic nitrogens is 3. The SMILES string of the molecule is CCC1Oc2cc(-c3cnc(CN(CC(C)F)C(=O)CC(C)C)[nH]3)ccc2-c2cc3cc(/C(N)=C/N)ccc3n21. The highest BCUT2D eigenvalue weighted by Crippen LogP contribution is 2.44. The summed E-state index contributed by atoms with van der Waals surface area (Å²) in [5.74, 6) is 1.52. The van der Waals surface area contributed by atoms with Crippen LogP contribution < -0.4 is 16.2 Å². The molecule has 0 bridgehead atoms. The van der Waals surface area contributed by atoms with Gasteiger partial charge in [0.1, 0.15) is 17.7 Å². The number of carbonyl (C=O) groups is 1. The Hall–Kier alpha value is -4.27. The molecule has 40 heavy (non-hydrogen) atoms. The summed E-state index contributed by atoms with van der Waals surface area (Å²) in [4.78, 5) is 22.1. The summed E-state index contributed by atoms with van der Waals surface area (Å²) < 4.78 is 22.6. The van der Waals surface area contributed by atoms with Crippen LogP contribution in [0.3, 0.4) is 0 Å². The van der Waals surface area contributed by atoms with Crippen LogP contribution >= 0.6 is 0 Å². The van der Waals surface area contributed by atoms with E-state index in [1.165, 1.54) is 18.0 Å². The van der Waals surface area contributed by atoms with Gasteiger partial charge in [0.15, 0.2) is 6.23 Å². The van der Waals surface area contributed by atoms with Gasteiger partial charge in [0.2, 0.25) is 5.91 Å². The van der Waals surface area contributed by atoms with Crippen LogP contribution in [-0.2, 0) is 11.3 Å². The van der Waals surface area contributed by atoms with Crippen LogP contribution in [0.15, 0.2) is 54.9 Å². The van der Waals surface area contributed by atoms with E-state index in [4.69, 9.17) is 16.2 Å². The van der Waals surface area contributed by atoms with Crippen molar-refractivity contribution in [1.29, 1.82) is 0 Å². The van der Waals surface area contributed by atoms with Crippen LogP contribution in [-0.4, -0.2) is 38.1 Å². The van der Waals surface area contributed by atoms with E-state index in [0.29, 0.717) is 17.9 Å². The fourth-order valence-electron chi connectivity index (χ4n) is 5.30. The van der Waals surface area contributed by atoms with Gasteiger partial charge in [-0.2, -0.15) is 0 Å². The fourth-order valence-corrected chi connectivity index (χ4v) is 5.30. The van der Waals surface area contributed by atoms with E-state index >= 15 is 0 Å². The van der Waals surface area contributed by atoms with Crippen molar-refractivity contribution in [2.24, 2.45) is 17.4 Å². The molecule has 5 rings (SSSR count). The number of nitrogens with one attached hydrogen (secondary N) is 1. The van der Waals surface area contributed by atoms with Crippen molar-refractivity contribution in [2.45, 2.75) is 59.5 Å². The number of imidazole rings is 1. The summed E-state index contributed by atoms with van der Waals surface area (Å²) in [7, 11) is 0. The molecule has 2 unspecified atom stereocenters. The van der Waals surface area contributed by atoms with Gasteiger partial charge in [-0.1, -0.05) is 32.9 Å². The molecule has 0 spiro atoms. The molecule has 210 valence electrons. The van der Waals surface area contributed by atoms with Crippen molar-refractivity contribution < 1.29 is 13.9 Å². The van der Waals surface area contributed by atoms with Crippen molar-refractivity contribution >= 4 is 22.5 Å². The van der Waals surface area contributed by atoms with Crippen LogP contribution in [0.5, 0.6) is 5.75 Å². The Morgan fingerprint density at radius 3 is 2.73 bits per heavy atom. The molecule has 0 saturated heterocycles. The summed E-state index contributed by atoms with van der Waals surface area (Å²) in [6.45, 7) is 7.79. The summed E-state index contributed by atoms with van der Waals surface area (Å²) in [5, 5.41) is 1.06. The molecule has 8 nitrogen and oxygen atoms in total. The van der Waals surface area contributed by atoms with Gasteiger partial charge in [-0.15, -0.1) is 0 Å². The topological polar surface area (TPSA) is 115 Å². The molecule has 2 aromatic carbocycles. The maximum absolute atomic E-state index is 13.8. The van der Waals surface area contributed by atoms with Crippen molar-refractivity contribution in [3.8, 4) is 28.3 Å². The van der Waals surface area contributed by atoms with Gasteiger partial charge in [0.25, 0.3) is 0 Å². The molecule has 9 heteroatoms. The maximum atomic E-state index is 13.8. The smallest absolute Gasteiger partial charge is 0.223 e. The first-order valence-corrected chi connectivity index (χ1v) is 13.8. The summed E-state index contributed by atoms with van der Waals surface area (Å²) >= 11 is 0. The zero-order valence-electron chi connectivity index (χ0n) is 23.4. The number of carbonyl (C=O) groups excluding carboxylic acids is 1. The predicted molar refractivity (Wildman–Crippen MR) is 157 cm³/mol. The van der Waals surface area contributed by atoms with Crippen LogP contribution in [0.4, 0.5) is 4.39 Å². The lowest BCUT2D eigenvalue weighted by atomic mass is 10.0. The molecule has 5 N–H and O–H groups in total. The molecular formula is C31H37FN6O2. The second kappa shape index (κ2) is 11.1. The standard InChI is InChI=1S/C31H37FN6O2/c1-5-31-38-26-9-7-20(24(34)14-33)11-22(26)12-27(38)23-8-6-21(13-28(23)40-31)25-15-35-29(36-25)17-37(16-19(4)32)30(39)10-18(2)3/h6-9,11-15,18-19,31H,5,10,16-17,33-34H2,1-4H3,(H,35,36)/b24-14-. The number of amides is 1. The quantitative estimate of drug-likeness (QED) is 0.241. The highest BCUT2D eigenvalue weighted by molar-refractivity contribution is 5.91. The Bertz CT molecular complexity index is 1570. The van der Waals surface area contributed by atoms with E-state index in [-0.39, 0.29) is 31.1 Å². The van der Waals surface area contributed by atoms with E-state index in [1.54, 1.807) is 6.20 Å². The number of nitrogens with two attached hydrogens (primary N) is 2. The number of benzene rings is 2. The van der Waals surface area contributed by atoms with Gasteiger partial charge in [-0.3, -0.25) is 4.79 Å². The number of ether oxygens (including phenoxy) is 1. The Labute approximate surface area is 233 Å². The number of rotatable bonds is 9. The second-order valence-electron chi connectivity index (χ2n) is 10.9. The molecule has 1 aliphatic heterocycles.